The van der Waals surface area contributed by atoms with Crippen LogP contribution in [0, 0.1) is 12.7 Å². The molecular weight excluding hydrogens is 299 g/mol. The average molecular weight is 312 g/mol. The van der Waals surface area contributed by atoms with Gasteiger partial charge in [0.15, 0.2) is 15.6 Å². The second kappa shape index (κ2) is 6.04. The standard InChI is InChI=1S/C13H13FN2O4S/c1-9-6-10(20-16-9)7-21(18,19)8-13(17)15-12-5-3-2-4-11(12)14/h2-6H,7-8H2,1H3,(H,15,17). The van der Waals surface area contributed by atoms with Gasteiger partial charge < -0.3 is 9.84 Å². The van der Waals surface area contributed by atoms with Crippen molar-refractivity contribution in [3.63, 3.8) is 0 Å². The summed E-state index contributed by atoms with van der Waals surface area (Å²) in [4.78, 5) is 11.7. The molecule has 0 saturated heterocycles. The number of anilines is 1. The number of aryl methyl sites for hydroxylation is 1. The number of nitrogens with zero attached hydrogens (tertiary/aromatic N) is 1. The van der Waals surface area contributed by atoms with E-state index in [-0.39, 0.29) is 11.4 Å². The first-order valence-corrected chi connectivity index (χ1v) is 7.85. The van der Waals surface area contributed by atoms with E-state index in [1.807, 2.05) is 0 Å². The van der Waals surface area contributed by atoms with Crippen molar-refractivity contribution < 1.29 is 22.1 Å². The zero-order chi connectivity index (χ0) is 15.5. The molecule has 0 bridgehead atoms. The molecule has 6 nitrogen and oxygen atoms in total. The molecule has 21 heavy (non-hydrogen) atoms. The van der Waals surface area contributed by atoms with Crippen LogP contribution in [0.15, 0.2) is 34.9 Å². The van der Waals surface area contributed by atoms with Gasteiger partial charge in [0.05, 0.1) is 11.4 Å². The SMILES string of the molecule is Cc1cc(CS(=O)(=O)CC(=O)Nc2ccccc2F)on1. The zero-order valence-corrected chi connectivity index (χ0v) is 12.0. The van der Waals surface area contributed by atoms with Crippen LogP contribution in [0.1, 0.15) is 11.5 Å². The molecule has 0 atom stereocenters. The molecule has 1 heterocycles. The molecule has 2 aromatic rings. The van der Waals surface area contributed by atoms with Gasteiger partial charge in [-0.25, -0.2) is 12.8 Å². The van der Waals surface area contributed by atoms with Crippen LogP contribution in [0.2, 0.25) is 0 Å². The summed E-state index contributed by atoms with van der Waals surface area (Å²) >= 11 is 0. The molecule has 8 heteroatoms. The fraction of sp³-hybridized carbons (Fsp3) is 0.231. The Bertz CT molecular complexity index is 755. The number of aromatic nitrogens is 1. The van der Waals surface area contributed by atoms with Gasteiger partial charge in [0, 0.05) is 6.07 Å². The number of carbonyl (C=O) groups excluding carboxylic acids is 1. The Morgan fingerprint density at radius 3 is 2.71 bits per heavy atom. The number of benzene rings is 1. The third-order valence-corrected chi connectivity index (χ3v) is 3.96. The summed E-state index contributed by atoms with van der Waals surface area (Å²) in [7, 11) is -3.72. The molecule has 112 valence electrons. The Balaban J connectivity index is 2.00. The van der Waals surface area contributed by atoms with E-state index in [1.54, 1.807) is 6.92 Å². The summed E-state index contributed by atoms with van der Waals surface area (Å²) in [6, 6.07) is 6.99. The minimum absolute atomic E-state index is 0.0618. The van der Waals surface area contributed by atoms with Crippen LogP contribution < -0.4 is 5.32 Å². The highest BCUT2D eigenvalue weighted by Gasteiger charge is 2.20. The van der Waals surface area contributed by atoms with E-state index < -0.39 is 33.1 Å². The number of nitrogens with one attached hydrogen (secondary N) is 1. The van der Waals surface area contributed by atoms with Gasteiger partial charge in [-0.3, -0.25) is 4.79 Å². The summed E-state index contributed by atoms with van der Waals surface area (Å²) < 4.78 is 41.8. The van der Waals surface area contributed by atoms with Gasteiger partial charge in [-0.1, -0.05) is 17.3 Å². The quantitative estimate of drug-likeness (QED) is 0.907. The number of amides is 1. The van der Waals surface area contributed by atoms with E-state index in [9.17, 15) is 17.6 Å². The van der Waals surface area contributed by atoms with Gasteiger partial charge in [-0.15, -0.1) is 0 Å². The van der Waals surface area contributed by atoms with Gasteiger partial charge in [0.1, 0.15) is 17.3 Å². The van der Waals surface area contributed by atoms with Crippen molar-refractivity contribution in [1.29, 1.82) is 0 Å². The lowest BCUT2D eigenvalue weighted by atomic mass is 10.3. The fourth-order valence-corrected chi connectivity index (χ4v) is 2.84. The predicted molar refractivity (Wildman–Crippen MR) is 73.8 cm³/mol. The van der Waals surface area contributed by atoms with Crippen LogP contribution >= 0.6 is 0 Å². The first kappa shape index (κ1) is 15.2. The highest BCUT2D eigenvalue weighted by Crippen LogP contribution is 2.13. The van der Waals surface area contributed by atoms with E-state index >= 15 is 0 Å². The monoisotopic (exact) mass is 312 g/mol. The predicted octanol–water partition coefficient (Wildman–Crippen LogP) is 1.68. The van der Waals surface area contributed by atoms with Gasteiger partial charge in [0.2, 0.25) is 5.91 Å². The molecule has 0 aliphatic heterocycles. The molecule has 0 aliphatic carbocycles. The summed E-state index contributed by atoms with van der Waals surface area (Å²) in [5.41, 5.74) is 0.490. The van der Waals surface area contributed by atoms with Crippen molar-refractivity contribution in [2.24, 2.45) is 0 Å². The van der Waals surface area contributed by atoms with Crippen molar-refractivity contribution in [1.82, 2.24) is 5.16 Å². The summed E-state index contributed by atoms with van der Waals surface area (Å²) in [5, 5.41) is 5.79. The average Bonchev–Trinajstić information content (AvgIpc) is 2.76. The number of hydrogen-bond donors (Lipinski definition) is 1. The van der Waals surface area contributed by atoms with E-state index in [0.717, 1.165) is 0 Å². The van der Waals surface area contributed by atoms with Crippen LogP contribution in [-0.4, -0.2) is 25.2 Å². The van der Waals surface area contributed by atoms with Crippen LogP contribution in [0.4, 0.5) is 10.1 Å². The molecule has 1 amide bonds. The first-order valence-electron chi connectivity index (χ1n) is 6.03. The first-order chi connectivity index (χ1) is 9.85. The molecule has 0 aliphatic rings. The van der Waals surface area contributed by atoms with E-state index in [2.05, 4.69) is 10.5 Å². The maximum absolute atomic E-state index is 13.3. The number of rotatable bonds is 5. The normalized spacial score (nSPS) is 11.3. The number of sulfone groups is 1. The van der Waals surface area contributed by atoms with Gasteiger partial charge >= 0.3 is 0 Å². The Morgan fingerprint density at radius 2 is 2.10 bits per heavy atom. The zero-order valence-electron chi connectivity index (χ0n) is 11.2. The van der Waals surface area contributed by atoms with Crippen LogP contribution in [0.3, 0.4) is 0 Å². The molecule has 1 N–H and O–H groups in total. The lowest BCUT2D eigenvalue weighted by molar-refractivity contribution is -0.113. The summed E-state index contributed by atoms with van der Waals surface area (Å²) in [6.45, 7) is 1.66. The van der Waals surface area contributed by atoms with E-state index in [4.69, 9.17) is 4.52 Å². The van der Waals surface area contributed by atoms with Crippen LogP contribution in [-0.2, 0) is 20.4 Å². The van der Waals surface area contributed by atoms with Crippen molar-refractivity contribution in [2.75, 3.05) is 11.1 Å². The molecular formula is C13H13FN2O4S. The maximum atomic E-state index is 13.3. The largest absolute Gasteiger partial charge is 0.360 e. The summed E-state index contributed by atoms with van der Waals surface area (Å²) in [6.07, 6.45) is 0. The third kappa shape index (κ3) is 4.38. The van der Waals surface area contributed by atoms with Crippen LogP contribution in [0.5, 0.6) is 0 Å². The minimum atomic E-state index is -3.72. The topological polar surface area (TPSA) is 89.3 Å². The lowest BCUT2D eigenvalue weighted by Gasteiger charge is -2.06. The van der Waals surface area contributed by atoms with Gasteiger partial charge in [-0.2, -0.15) is 0 Å². The maximum Gasteiger partial charge on any atom is 0.239 e. The Morgan fingerprint density at radius 1 is 1.38 bits per heavy atom. The lowest BCUT2D eigenvalue weighted by Crippen LogP contribution is -2.24. The van der Waals surface area contributed by atoms with Crippen molar-refractivity contribution in [2.45, 2.75) is 12.7 Å². The van der Waals surface area contributed by atoms with Crippen molar-refractivity contribution in [3.05, 3.63) is 47.6 Å². The minimum Gasteiger partial charge on any atom is -0.360 e. The molecule has 2 rings (SSSR count). The number of hydrogen-bond acceptors (Lipinski definition) is 5. The summed E-state index contributed by atoms with van der Waals surface area (Å²) in [5.74, 6) is -2.48. The second-order valence-electron chi connectivity index (χ2n) is 4.49. The molecule has 0 unspecified atom stereocenters. The number of carbonyl (C=O) groups is 1. The third-order valence-electron chi connectivity index (χ3n) is 2.54. The highest BCUT2D eigenvalue weighted by molar-refractivity contribution is 7.91. The molecule has 1 aromatic heterocycles. The van der Waals surface area contributed by atoms with Crippen molar-refractivity contribution >= 4 is 21.4 Å². The second-order valence-corrected chi connectivity index (χ2v) is 6.56. The highest BCUT2D eigenvalue weighted by atomic mass is 32.2. The van der Waals surface area contributed by atoms with E-state index in [0.29, 0.717) is 5.69 Å². The fourth-order valence-electron chi connectivity index (χ4n) is 1.70. The van der Waals surface area contributed by atoms with Gasteiger partial charge in [0.25, 0.3) is 0 Å². The number of halogens is 1. The Hall–Kier alpha value is -2.22. The van der Waals surface area contributed by atoms with Crippen molar-refractivity contribution in [3.8, 4) is 0 Å². The molecule has 0 fully saturated rings. The van der Waals surface area contributed by atoms with E-state index in [1.165, 1.54) is 30.3 Å². The number of para-hydroxylation sites is 1. The van der Waals surface area contributed by atoms with Gasteiger partial charge in [-0.05, 0) is 19.1 Å². The van der Waals surface area contributed by atoms with Crippen LogP contribution in [0.25, 0.3) is 0 Å². The molecule has 1 aromatic carbocycles. The molecule has 0 saturated carbocycles. The Labute approximate surface area is 120 Å². The molecule has 0 spiro atoms. The molecule has 0 radical (unpaired) electrons. The Kier molecular flexibility index (Phi) is 4.37. The smallest absolute Gasteiger partial charge is 0.239 e.